The smallest absolute Gasteiger partial charge is 0.269 e. The Labute approximate surface area is 149 Å². The molecule has 134 valence electrons. The molecule has 1 amide bonds. The number of nitrogens with one attached hydrogen (secondary N) is 2. The van der Waals surface area contributed by atoms with E-state index in [1.165, 1.54) is 0 Å². The van der Waals surface area contributed by atoms with E-state index in [4.69, 9.17) is 4.74 Å². The molecule has 2 heterocycles. The van der Waals surface area contributed by atoms with Crippen molar-refractivity contribution in [3.63, 3.8) is 0 Å². The fourth-order valence-electron chi connectivity index (χ4n) is 2.31. The van der Waals surface area contributed by atoms with Crippen LogP contribution in [-0.4, -0.2) is 43.8 Å². The molecule has 3 rings (SSSR count). The number of aromatic nitrogens is 2. The van der Waals surface area contributed by atoms with Crippen LogP contribution in [0.1, 0.15) is 28.8 Å². The molecule has 1 aromatic heterocycles. The molecule has 0 saturated carbocycles. The molecule has 1 fully saturated rings. The second-order valence-corrected chi connectivity index (χ2v) is 8.60. The Morgan fingerprint density at radius 3 is 2.76 bits per heavy atom. The van der Waals surface area contributed by atoms with Crippen molar-refractivity contribution in [2.45, 2.75) is 30.2 Å². The summed E-state index contributed by atoms with van der Waals surface area (Å²) in [6, 6.07) is 7.01. The summed E-state index contributed by atoms with van der Waals surface area (Å²) >= 11 is 0.803. The van der Waals surface area contributed by atoms with Gasteiger partial charge in [-0.05, 0) is 31.9 Å². The minimum atomic E-state index is -3.77. The number of benzene rings is 1. The lowest BCUT2D eigenvalue weighted by molar-refractivity contribution is 0.102. The largest absolute Gasteiger partial charge is 0.377 e. The summed E-state index contributed by atoms with van der Waals surface area (Å²) in [7, 11) is -3.77. The van der Waals surface area contributed by atoms with E-state index in [1.54, 1.807) is 12.1 Å². The number of sulfonamides is 1. The van der Waals surface area contributed by atoms with Gasteiger partial charge in [0, 0.05) is 18.7 Å². The summed E-state index contributed by atoms with van der Waals surface area (Å²) in [5, 5.41) is 10.1. The molecule has 1 saturated heterocycles. The minimum Gasteiger partial charge on any atom is -0.377 e. The summed E-state index contributed by atoms with van der Waals surface area (Å²) in [5.41, 5.74) is 1.50. The fraction of sp³-hybridized carbons (Fsp3) is 0.400. The van der Waals surface area contributed by atoms with E-state index in [2.05, 4.69) is 20.2 Å². The monoisotopic (exact) mass is 382 g/mol. The number of ether oxygens (including phenoxy) is 1. The Balaban J connectivity index is 1.62. The molecular formula is C15H18N4O4S2. The van der Waals surface area contributed by atoms with Crippen LogP contribution < -0.4 is 10.0 Å². The zero-order valence-corrected chi connectivity index (χ0v) is 15.2. The SMILES string of the molecule is Cc1ccc(C(=O)Nc2nnc(S(=O)(=O)NC[C@@H]3CCCO3)s2)cc1. The Morgan fingerprint density at radius 1 is 1.32 bits per heavy atom. The van der Waals surface area contributed by atoms with E-state index >= 15 is 0 Å². The number of aryl methyl sites for hydroxylation is 1. The van der Waals surface area contributed by atoms with Crippen molar-refractivity contribution in [2.24, 2.45) is 0 Å². The average Bonchev–Trinajstić information content (AvgIpc) is 3.25. The van der Waals surface area contributed by atoms with E-state index in [1.807, 2.05) is 19.1 Å². The topological polar surface area (TPSA) is 110 Å². The van der Waals surface area contributed by atoms with Gasteiger partial charge in [0.1, 0.15) is 0 Å². The highest BCUT2D eigenvalue weighted by atomic mass is 32.2. The zero-order valence-electron chi connectivity index (χ0n) is 13.6. The third kappa shape index (κ3) is 4.60. The maximum atomic E-state index is 12.2. The second-order valence-electron chi connectivity index (χ2n) is 5.68. The van der Waals surface area contributed by atoms with Crippen molar-refractivity contribution < 1.29 is 17.9 Å². The lowest BCUT2D eigenvalue weighted by Gasteiger charge is -2.09. The first-order chi connectivity index (χ1) is 11.9. The molecule has 2 N–H and O–H groups in total. The van der Waals surface area contributed by atoms with Crippen molar-refractivity contribution >= 4 is 32.4 Å². The van der Waals surface area contributed by atoms with Gasteiger partial charge in [0.15, 0.2) is 0 Å². The maximum absolute atomic E-state index is 12.2. The van der Waals surface area contributed by atoms with Gasteiger partial charge in [0.05, 0.1) is 6.10 Å². The van der Waals surface area contributed by atoms with Gasteiger partial charge >= 0.3 is 0 Å². The van der Waals surface area contributed by atoms with Crippen molar-refractivity contribution in [3.8, 4) is 0 Å². The number of amides is 1. The van der Waals surface area contributed by atoms with Crippen LogP contribution in [0.3, 0.4) is 0 Å². The van der Waals surface area contributed by atoms with Crippen LogP contribution in [0.5, 0.6) is 0 Å². The summed E-state index contributed by atoms with van der Waals surface area (Å²) in [6.07, 6.45) is 1.65. The highest BCUT2D eigenvalue weighted by Gasteiger charge is 2.24. The summed E-state index contributed by atoms with van der Waals surface area (Å²) in [6.45, 7) is 2.78. The zero-order chi connectivity index (χ0) is 17.9. The van der Waals surface area contributed by atoms with Crippen LogP contribution in [0, 0.1) is 6.92 Å². The molecule has 0 unspecified atom stereocenters. The van der Waals surface area contributed by atoms with Crippen molar-refractivity contribution in [1.29, 1.82) is 0 Å². The van der Waals surface area contributed by atoms with Gasteiger partial charge in [-0.15, -0.1) is 10.2 Å². The van der Waals surface area contributed by atoms with Gasteiger partial charge in [-0.1, -0.05) is 29.0 Å². The first kappa shape index (κ1) is 17.9. The predicted molar refractivity (Wildman–Crippen MR) is 93.2 cm³/mol. The van der Waals surface area contributed by atoms with Crippen LogP contribution in [-0.2, 0) is 14.8 Å². The molecule has 0 spiro atoms. The maximum Gasteiger partial charge on any atom is 0.269 e. The van der Waals surface area contributed by atoms with Crippen LogP contribution in [0.2, 0.25) is 0 Å². The van der Waals surface area contributed by atoms with Crippen molar-refractivity contribution in [2.75, 3.05) is 18.5 Å². The molecule has 1 aliphatic rings. The fourth-order valence-corrected chi connectivity index (χ4v) is 4.31. The van der Waals surface area contributed by atoms with Crippen LogP contribution in [0.25, 0.3) is 0 Å². The lowest BCUT2D eigenvalue weighted by Crippen LogP contribution is -2.31. The number of hydrogen-bond acceptors (Lipinski definition) is 7. The van der Waals surface area contributed by atoms with Gasteiger partial charge < -0.3 is 4.74 Å². The molecule has 1 aliphatic heterocycles. The Bertz CT molecular complexity index is 843. The third-order valence-corrected chi connectivity index (χ3v) is 6.33. The van der Waals surface area contributed by atoms with E-state index in [9.17, 15) is 13.2 Å². The molecule has 0 radical (unpaired) electrons. The highest BCUT2D eigenvalue weighted by Crippen LogP contribution is 2.21. The minimum absolute atomic E-state index is 0.108. The second kappa shape index (κ2) is 7.56. The summed E-state index contributed by atoms with van der Waals surface area (Å²) in [4.78, 5) is 12.1. The van der Waals surface area contributed by atoms with Crippen LogP contribution in [0.4, 0.5) is 5.13 Å². The van der Waals surface area contributed by atoms with Crippen molar-refractivity contribution in [1.82, 2.24) is 14.9 Å². The quantitative estimate of drug-likeness (QED) is 0.734. The molecule has 25 heavy (non-hydrogen) atoms. The number of carbonyl (C=O) groups excluding carboxylic acids is 1. The average molecular weight is 382 g/mol. The van der Waals surface area contributed by atoms with E-state index < -0.39 is 10.0 Å². The molecule has 0 aliphatic carbocycles. The molecule has 1 atom stereocenters. The molecule has 0 bridgehead atoms. The molecular weight excluding hydrogens is 364 g/mol. The van der Waals surface area contributed by atoms with Gasteiger partial charge in [0.2, 0.25) is 9.47 Å². The molecule has 8 nitrogen and oxygen atoms in total. The number of anilines is 1. The lowest BCUT2D eigenvalue weighted by atomic mass is 10.1. The highest BCUT2D eigenvalue weighted by molar-refractivity contribution is 7.91. The van der Waals surface area contributed by atoms with E-state index in [0.29, 0.717) is 12.2 Å². The predicted octanol–water partition coefficient (Wildman–Crippen LogP) is 1.56. The van der Waals surface area contributed by atoms with Gasteiger partial charge in [0.25, 0.3) is 15.9 Å². The molecule has 2 aromatic rings. The standard InChI is InChI=1S/C15H18N4O4S2/c1-10-4-6-11(7-5-10)13(20)17-14-18-19-15(24-14)25(21,22)16-9-12-3-2-8-23-12/h4-7,12,16H,2-3,8-9H2,1H3,(H,17,18,20)/t12-/m0/s1. The number of nitrogens with zero attached hydrogens (tertiary/aromatic N) is 2. The number of hydrogen-bond donors (Lipinski definition) is 2. The van der Waals surface area contributed by atoms with Crippen molar-refractivity contribution in [3.05, 3.63) is 35.4 Å². The Morgan fingerprint density at radius 2 is 2.08 bits per heavy atom. The molecule has 10 heteroatoms. The number of carbonyl (C=O) groups is 1. The van der Waals surface area contributed by atoms with Crippen LogP contribution in [0.15, 0.2) is 28.6 Å². The Kier molecular flexibility index (Phi) is 5.42. The van der Waals surface area contributed by atoms with Gasteiger partial charge in [-0.25, -0.2) is 13.1 Å². The Hall–Kier alpha value is -1.88. The normalized spacial score (nSPS) is 17.6. The first-order valence-corrected chi connectivity index (χ1v) is 10.1. The van der Waals surface area contributed by atoms with E-state index in [-0.39, 0.29) is 28.0 Å². The first-order valence-electron chi connectivity index (χ1n) is 7.77. The number of rotatable bonds is 6. The third-order valence-electron chi connectivity index (χ3n) is 3.70. The van der Waals surface area contributed by atoms with Crippen LogP contribution >= 0.6 is 11.3 Å². The van der Waals surface area contributed by atoms with E-state index in [0.717, 1.165) is 29.7 Å². The van der Waals surface area contributed by atoms with Gasteiger partial charge in [-0.3, -0.25) is 10.1 Å². The summed E-state index contributed by atoms with van der Waals surface area (Å²) in [5.74, 6) is -0.368. The molecule has 1 aromatic carbocycles. The van der Waals surface area contributed by atoms with Gasteiger partial charge in [-0.2, -0.15) is 0 Å². The summed E-state index contributed by atoms with van der Waals surface area (Å²) < 4.78 is 32.1.